The third kappa shape index (κ3) is 7.42. The minimum atomic E-state index is -4.78. The molecule has 2 atom stereocenters. The molecule has 0 radical (unpaired) electrons. The Morgan fingerprint density at radius 3 is 2.56 bits per heavy atom. The Bertz CT molecular complexity index is 1360. The lowest BCUT2D eigenvalue weighted by Gasteiger charge is -2.25. The third-order valence-corrected chi connectivity index (χ3v) is 6.96. The van der Waals surface area contributed by atoms with Crippen LogP contribution in [0.5, 0.6) is 5.75 Å². The molecular formula is C30H30F3N3O5. The van der Waals surface area contributed by atoms with Crippen molar-refractivity contribution in [1.29, 1.82) is 0 Å². The molecule has 41 heavy (non-hydrogen) atoms. The maximum atomic E-state index is 13.4. The van der Waals surface area contributed by atoms with E-state index in [4.69, 9.17) is 9.47 Å². The van der Waals surface area contributed by atoms with Gasteiger partial charge in [0.25, 0.3) is 5.91 Å². The summed E-state index contributed by atoms with van der Waals surface area (Å²) in [6.45, 7) is 1.35. The van der Waals surface area contributed by atoms with Crippen LogP contribution in [0.15, 0.2) is 66.7 Å². The molecule has 0 bridgehead atoms. The van der Waals surface area contributed by atoms with Gasteiger partial charge in [0.05, 0.1) is 12.3 Å². The third-order valence-electron chi connectivity index (χ3n) is 6.96. The number of carbonyl (C=O) groups is 2. The number of rotatable bonds is 10. The summed E-state index contributed by atoms with van der Waals surface area (Å²) < 4.78 is 52.6. The number of aromatic nitrogens is 1. The van der Waals surface area contributed by atoms with E-state index >= 15 is 0 Å². The molecule has 5 rings (SSSR count). The van der Waals surface area contributed by atoms with Crippen LogP contribution in [-0.4, -0.2) is 47.5 Å². The van der Waals surface area contributed by atoms with Gasteiger partial charge in [0, 0.05) is 37.4 Å². The van der Waals surface area contributed by atoms with Crippen molar-refractivity contribution in [2.24, 2.45) is 0 Å². The number of fused-ring (bicyclic) bond motifs is 1. The highest BCUT2D eigenvalue weighted by Gasteiger charge is 2.40. The predicted octanol–water partition coefficient (Wildman–Crippen LogP) is 5.08. The smallest absolute Gasteiger partial charge is 0.406 e. The molecule has 1 aromatic heterocycles. The van der Waals surface area contributed by atoms with E-state index in [2.05, 4.69) is 15.0 Å². The summed E-state index contributed by atoms with van der Waals surface area (Å²) in [5.74, 6) is -0.981. The Hall–Kier alpha value is -3.96. The lowest BCUT2D eigenvalue weighted by Crippen LogP contribution is -2.40. The van der Waals surface area contributed by atoms with Gasteiger partial charge in [-0.25, -0.2) is 0 Å². The minimum Gasteiger partial charge on any atom is -0.406 e. The van der Waals surface area contributed by atoms with Gasteiger partial charge in [-0.15, -0.1) is 13.2 Å². The number of nitrogens with zero attached hydrogens (tertiary/aromatic N) is 2. The molecular weight excluding hydrogens is 539 g/mol. The largest absolute Gasteiger partial charge is 0.573 e. The fourth-order valence-corrected chi connectivity index (χ4v) is 4.98. The van der Waals surface area contributed by atoms with E-state index in [-0.39, 0.29) is 36.9 Å². The predicted molar refractivity (Wildman–Crippen MR) is 142 cm³/mol. The fourth-order valence-electron chi connectivity index (χ4n) is 4.98. The van der Waals surface area contributed by atoms with Crippen molar-refractivity contribution >= 4 is 11.8 Å². The molecule has 2 amide bonds. The number of benzene rings is 2. The first-order valence-electron chi connectivity index (χ1n) is 13.5. The summed E-state index contributed by atoms with van der Waals surface area (Å²) in [5, 5.41) is 2.82. The number of hydrogen-bond donors (Lipinski definition) is 1. The Kier molecular flexibility index (Phi) is 8.84. The number of amides is 2. The average Bonchev–Trinajstić information content (AvgIpc) is 3.26. The van der Waals surface area contributed by atoms with E-state index in [9.17, 15) is 22.8 Å². The number of carbonyl (C=O) groups excluding carboxylic acids is 2. The molecule has 0 aliphatic carbocycles. The summed E-state index contributed by atoms with van der Waals surface area (Å²) in [6, 6.07) is 17.0. The Labute approximate surface area is 235 Å². The molecule has 0 spiro atoms. The molecule has 0 saturated carbocycles. The lowest BCUT2D eigenvalue weighted by molar-refractivity contribution is -0.274. The van der Waals surface area contributed by atoms with E-state index in [0.29, 0.717) is 36.3 Å². The van der Waals surface area contributed by atoms with Crippen molar-refractivity contribution in [3.63, 3.8) is 0 Å². The number of hydrogen-bond acceptors (Lipinski definition) is 6. The second-order valence-corrected chi connectivity index (χ2v) is 9.88. The summed E-state index contributed by atoms with van der Waals surface area (Å²) in [6.07, 6.45) is -1.60. The van der Waals surface area contributed by atoms with Gasteiger partial charge in [0.15, 0.2) is 6.29 Å². The zero-order chi connectivity index (χ0) is 28.8. The van der Waals surface area contributed by atoms with Crippen LogP contribution in [0, 0.1) is 0 Å². The van der Waals surface area contributed by atoms with Gasteiger partial charge in [-0.1, -0.05) is 36.4 Å². The van der Waals surface area contributed by atoms with Crippen molar-refractivity contribution in [1.82, 2.24) is 15.2 Å². The highest BCUT2D eigenvalue weighted by atomic mass is 19.4. The second-order valence-electron chi connectivity index (χ2n) is 9.88. The first kappa shape index (κ1) is 28.6. The summed E-state index contributed by atoms with van der Waals surface area (Å²) >= 11 is 0. The average molecular weight is 570 g/mol. The molecule has 216 valence electrons. The van der Waals surface area contributed by atoms with Gasteiger partial charge < -0.3 is 24.4 Å². The highest BCUT2D eigenvalue weighted by Crippen LogP contribution is 2.34. The van der Waals surface area contributed by atoms with E-state index in [0.717, 1.165) is 30.7 Å². The fraction of sp³-hybridized carbons (Fsp3) is 0.367. The topological polar surface area (TPSA) is 90.0 Å². The summed E-state index contributed by atoms with van der Waals surface area (Å²) in [7, 11) is 0. The van der Waals surface area contributed by atoms with Crippen LogP contribution in [0.4, 0.5) is 13.2 Å². The van der Waals surface area contributed by atoms with Crippen molar-refractivity contribution in [2.75, 3.05) is 13.2 Å². The van der Waals surface area contributed by atoms with Gasteiger partial charge in [0.2, 0.25) is 5.91 Å². The Morgan fingerprint density at radius 1 is 1.02 bits per heavy atom. The molecule has 8 nitrogen and oxygen atoms in total. The number of nitrogens with one attached hydrogen (secondary N) is 1. The van der Waals surface area contributed by atoms with Crippen molar-refractivity contribution in [2.45, 2.75) is 57.5 Å². The Morgan fingerprint density at radius 2 is 1.80 bits per heavy atom. The van der Waals surface area contributed by atoms with Gasteiger partial charge >= 0.3 is 6.36 Å². The van der Waals surface area contributed by atoms with E-state index in [1.807, 2.05) is 18.2 Å². The van der Waals surface area contributed by atoms with Crippen LogP contribution >= 0.6 is 0 Å². The van der Waals surface area contributed by atoms with Crippen LogP contribution < -0.4 is 10.1 Å². The number of halogens is 3. The Balaban J connectivity index is 1.22. The lowest BCUT2D eigenvalue weighted by atomic mass is 10.0. The SMILES string of the molecule is O=C(NCc1ccc(OC(F)(F)F)cc1)C1c2ccccc2C(=O)N1CCc1cccc(COC2CCCCO2)n1. The zero-order valence-electron chi connectivity index (χ0n) is 22.2. The zero-order valence-corrected chi connectivity index (χ0v) is 22.2. The first-order chi connectivity index (χ1) is 19.8. The van der Waals surface area contributed by atoms with Gasteiger partial charge in [-0.3, -0.25) is 14.6 Å². The van der Waals surface area contributed by atoms with Crippen LogP contribution in [-0.2, 0) is 33.8 Å². The van der Waals surface area contributed by atoms with Gasteiger partial charge in [-0.05, 0) is 60.7 Å². The van der Waals surface area contributed by atoms with Crippen molar-refractivity contribution in [3.8, 4) is 5.75 Å². The number of ether oxygens (including phenoxy) is 3. The highest BCUT2D eigenvalue weighted by molar-refractivity contribution is 6.04. The summed E-state index contributed by atoms with van der Waals surface area (Å²) in [5.41, 5.74) is 3.17. The molecule has 3 aromatic rings. The molecule has 11 heteroatoms. The minimum absolute atomic E-state index is 0.0696. The molecule has 1 fully saturated rings. The molecule has 1 saturated heterocycles. The maximum absolute atomic E-state index is 13.4. The maximum Gasteiger partial charge on any atom is 0.573 e. The van der Waals surface area contributed by atoms with E-state index < -0.39 is 12.4 Å². The molecule has 2 aromatic carbocycles. The van der Waals surface area contributed by atoms with Crippen LogP contribution in [0.1, 0.15) is 58.2 Å². The van der Waals surface area contributed by atoms with E-state index in [1.165, 1.54) is 29.2 Å². The normalized spacial score (nSPS) is 18.7. The second kappa shape index (κ2) is 12.7. The molecule has 2 aliphatic rings. The van der Waals surface area contributed by atoms with Crippen LogP contribution in [0.25, 0.3) is 0 Å². The number of pyridine rings is 1. The summed E-state index contributed by atoms with van der Waals surface area (Å²) in [4.78, 5) is 32.9. The van der Waals surface area contributed by atoms with Crippen molar-refractivity contribution < 1.29 is 37.0 Å². The van der Waals surface area contributed by atoms with Crippen LogP contribution in [0.2, 0.25) is 0 Å². The molecule has 3 heterocycles. The van der Waals surface area contributed by atoms with Gasteiger partial charge in [-0.2, -0.15) is 0 Å². The standard InChI is InChI=1S/C30H30F3N3O5/c31-30(32,33)41-23-13-11-20(12-14-23)18-34-28(37)27-24-8-1-2-9-25(24)29(38)36(27)16-15-21-6-5-7-22(35-21)19-40-26-10-3-4-17-39-26/h1-2,5-9,11-14,26-27H,3-4,10,15-19H2,(H,34,37). The van der Waals surface area contributed by atoms with Crippen molar-refractivity contribution in [3.05, 3.63) is 94.8 Å². The quantitative estimate of drug-likeness (QED) is 0.366. The monoisotopic (exact) mass is 569 g/mol. The van der Waals surface area contributed by atoms with Crippen LogP contribution in [0.3, 0.4) is 0 Å². The number of alkyl halides is 3. The first-order valence-corrected chi connectivity index (χ1v) is 13.5. The van der Waals surface area contributed by atoms with E-state index in [1.54, 1.807) is 24.3 Å². The van der Waals surface area contributed by atoms with Gasteiger partial charge in [0.1, 0.15) is 11.8 Å². The molecule has 1 N–H and O–H groups in total. The molecule has 2 aliphatic heterocycles. The molecule has 2 unspecified atom stereocenters.